The summed E-state index contributed by atoms with van der Waals surface area (Å²) in [6.45, 7) is 4.88. The minimum absolute atomic E-state index is 0.0189. The zero-order chi connectivity index (χ0) is 11.6. The smallest absolute Gasteiger partial charge is 0.305 e. The van der Waals surface area contributed by atoms with Crippen LogP contribution in [-0.2, 0) is 9.59 Å². The van der Waals surface area contributed by atoms with Gasteiger partial charge in [0.25, 0.3) is 0 Å². The van der Waals surface area contributed by atoms with Crippen molar-refractivity contribution in [1.29, 1.82) is 0 Å². The fourth-order valence-electron chi connectivity index (χ4n) is 2.04. The normalized spacial score (nSPS) is 27.8. The van der Waals surface area contributed by atoms with Gasteiger partial charge in [0.1, 0.15) is 0 Å². The average molecular weight is 214 g/mol. The maximum absolute atomic E-state index is 11.4. The predicted molar refractivity (Wildman–Crippen MR) is 55.5 cm³/mol. The third kappa shape index (κ3) is 2.68. The molecule has 1 heterocycles. The molecule has 0 aromatic heterocycles. The summed E-state index contributed by atoms with van der Waals surface area (Å²) in [5.41, 5.74) is 0. The molecule has 1 aliphatic heterocycles. The largest absolute Gasteiger partial charge is 0.481 e. The fourth-order valence-corrected chi connectivity index (χ4v) is 2.04. The summed E-state index contributed by atoms with van der Waals surface area (Å²) in [4.78, 5) is 25.8. The van der Waals surface area contributed by atoms with Crippen LogP contribution in [0, 0.1) is 0 Å². The van der Waals surface area contributed by atoms with Crippen LogP contribution in [0.4, 0.5) is 0 Å². The molecule has 0 aliphatic carbocycles. The summed E-state index contributed by atoms with van der Waals surface area (Å²) in [6.07, 6.45) is 0.0189. The van der Waals surface area contributed by atoms with Crippen molar-refractivity contribution < 1.29 is 14.7 Å². The number of carboxylic acids is 1. The molecule has 1 saturated heterocycles. The van der Waals surface area contributed by atoms with Gasteiger partial charge in [-0.15, -0.1) is 0 Å². The summed E-state index contributed by atoms with van der Waals surface area (Å²) >= 11 is 0. The molecule has 86 valence electrons. The highest BCUT2D eigenvalue weighted by atomic mass is 16.4. The molecule has 0 aromatic rings. The van der Waals surface area contributed by atoms with Crippen molar-refractivity contribution in [1.82, 2.24) is 9.80 Å². The van der Waals surface area contributed by atoms with Crippen LogP contribution in [0.2, 0.25) is 0 Å². The molecule has 1 N–H and O–H groups in total. The van der Waals surface area contributed by atoms with Gasteiger partial charge in [0, 0.05) is 26.1 Å². The van der Waals surface area contributed by atoms with Crippen LogP contribution >= 0.6 is 0 Å². The lowest BCUT2D eigenvalue weighted by molar-refractivity contribution is -0.143. The Morgan fingerprint density at radius 1 is 1.40 bits per heavy atom. The van der Waals surface area contributed by atoms with Crippen molar-refractivity contribution >= 4 is 11.9 Å². The second-order valence-corrected chi connectivity index (χ2v) is 4.10. The van der Waals surface area contributed by atoms with E-state index in [4.69, 9.17) is 5.11 Å². The molecule has 0 radical (unpaired) electrons. The van der Waals surface area contributed by atoms with Gasteiger partial charge in [-0.25, -0.2) is 0 Å². The number of hydrogen-bond acceptors (Lipinski definition) is 3. The molecule has 0 bridgehead atoms. The molecule has 5 nitrogen and oxygen atoms in total. The van der Waals surface area contributed by atoms with Crippen molar-refractivity contribution in [2.75, 3.05) is 20.1 Å². The third-order valence-electron chi connectivity index (χ3n) is 3.13. The lowest BCUT2D eigenvalue weighted by Gasteiger charge is -2.44. The second-order valence-electron chi connectivity index (χ2n) is 4.10. The van der Waals surface area contributed by atoms with E-state index in [9.17, 15) is 9.59 Å². The number of carboxylic acid groups (broad SMARTS) is 1. The number of aliphatic carboxylic acids is 1. The minimum atomic E-state index is -0.853. The molecule has 0 spiro atoms. The first-order valence-corrected chi connectivity index (χ1v) is 5.12. The van der Waals surface area contributed by atoms with E-state index in [1.54, 1.807) is 4.90 Å². The average Bonchev–Trinajstić information content (AvgIpc) is 2.12. The summed E-state index contributed by atoms with van der Waals surface area (Å²) in [6, 6.07) is -0.113. The number of rotatable bonds is 2. The van der Waals surface area contributed by atoms with E-state index in [1.165, 1.54) is 6.92 Å². The Bertz CT molecular complexity index is 267. The Morgan fingerprint density at radius 3 is 2.47 bits per heavy atom. The molecule has 1 fully saturated rings. The molecule has 1 aliphatic rings. The van der Waals surface area contributed by atoms with E-state index in [2.05, 4.69) is 4.90 Å². The van der Waals surface area contributed by atoms with Crippen LogP contribution in [0.5, 0.6) is 0 Å². The topological polar surface area (TPSA) is 60.9 Å². The van der Waals surface area contributed by atoms with Crippen LogP contribution in [-0.4, -0.2) is 59.0 Å². The highest BCUT2D eigenvalue weighted by Crippen LogP contribution is 2.18. The van der Waals surface area contributed by atoms with Crippen molar-refractivity contribution in [2.45, 2.75) is 32.4 Å². The zero-order valence-electron chi connectivity index (χ0n) is 9.43. The quantitative estimate of drug-likeness (QED) is 0.703. The van der Waals surface area contributed by atoms with Crippen LogP contribution in [0.3, 0.4) is 0 Å². The third-order valence-corrected chi connectivity index (χ3v) is 3.13. The standard InChI is InChI=1S/C10H18N2O3/c1-7-9(6-10(14)15)12(8(2)13)5-4-11(7)3/h7,9H,4-6H2,1-3H3,(H,14,15)/t7-,9+/m0/s1. The Morgan fingerprint density at radius 2 is 2.00 bits per heavy atom. The molecule has 1 amide bonds. The zero-order valence-corrected chi connectivity index (χ0v) is 9.43. The van der Waals surface area contributed by atoms with Gasteiger partial charge in [-0.1, -0.05) is 0 Å². The monoisotopic (exact) mass is 214 g/mol. The molecular weight excluding hydrogens is 196 g/mol. The first kappa shape index (κ1) is 12.0. The van der Waals surface area contributed by atoms with Gasteiger partial charge in [0.2, 0.25) is 5.91 Å². The number of piperazine rings is 1. The maximum Gasteiger partial charge on any atom is 0.305 e. The van der Waals surface area contributed by atoms with E-state index >= 15 is 0 Å². The van der Waals surface area contributed by atoms with Gasteiger partial charge < -0.3 is 10.0 Å². The van der Waals surface area contributed by atoms with Crippen molar-refractivity contribution in [3.05, 3.63) is 0 Å². The molecule has 0 saturated carbocycles. The first-order valence-electron chi connectivity index (χ1n) is 5.12. The Balaban J connectivity index is 2.79. The van der Waals surface area contributed by atoms with Crippen molar-refractivity contribution in [2.24, 2.45) is 0 Å². The predicted octanol–water partition coefficient (Wildman–Crippen LogP) is 0.0121. The molecule has 0 aromatic carbocycles. The summed E-state index contributed by atoms with van der Waals surface area (Å²) in [5, 5.41) is 8.81. The Kier molecular flexibility index (Phi) is 3.68. The number of hydrogen-bond donors (Lipinski definition) is 1. The van der Waals surface area contributed by atoms with Gasteiger partial charge in [0.05, 0.1) is 12.5 Å². The minimum Gasteiger partial charge on any atom is -0.481 e. The van der Waals surface area contributed by atoms with Crippen LogP contribution in [0.1, 0.15) is 20.3 Å². The van der Waals surface area contributed by atoms with Crippen LogP contribution in [0.15, 0.2) is 0 Å². The summed E-state index contributed by atoms with van der Waals surface area (Å²) < 4.78 is 0. The molecule has 15 heavy (non-hydrogen) atoms. The first-order chi connectivity index (χ1) is 6.93. The fraction of sp³-hybridized carbons (Fsp3) is 0.800. The number of amides is 1. The van der Waals surface area contributed by atoms with Crippen LogP contribution in [0.25, 0.3) is 0 Å². The Labute approximate surface area is 89.7 Å². The number of likely N-dealkylation sites (N-methyl/N-ethyl adjacent to an activating group) is 1. The van der Waals surface area contributed by atoms with Crippen LogP contribution < -0.4 is 0 Å². The molecule has 5 heteroatoms. The van der Waals surface area contributed by atoms with Gasteiger partial charge >= 0.3 is 5.97 Å². The van der Waals surface area contributed by atoms with Gasteiger partial charge in [-0.05, 0) is 14.0 Å². The molecule has 2 atom stereocenters. The van der Waals surface area contributed by atoms with Gasteiger partial charge in [-0.2, -0.15) is 0 Å². The molecule has 0 unspecified atom stereocenters. The van der Waals surface area contributed by atoms with Gasteiger partial charge in [0.15, 0.2) is 0 Å². The van der Waals surface area contributed by atoms with Crippen molar-refractivity contribution in [3.63, 3.8) is 0 Å². The van der Waals surface area contributed by atoms with E-state index in [0.717, 1.165) is 6.54 Å². The second kappa shape index (κ2) is 4.61. The highest BCUT2D eigenvalue weighted by Gasteiger charge is 2.34. The lowest BCUT2D eigenvalue weighted by atomic mass is 10.00. The van der Waals surface area contributed by atoms with Crippen molar-refractivity contribution in [3.8, 4) is 0 Å². The number of carbonyl (C=O) groups is 2. The maximum atomic E-state index is 11.4. The van der Waals surface area contributed by atoms with E-state index in [1.807, 2.05) is 14.0 Å². The lowest BCUT2D eigenvalue weighted by Crippen LogP contribution is -2.59. The van der Waals surface area contributed by atoms with Gasteiger partial charge in [-0.3, -0.25) is 14.5 Å². The van der Waals surface area contributed by atoms with E-state index < -0.39 is 5.97 Å². The number of carbonyl (C=O) groups excluding carboxylic acids is 1. The summed E-state index contributed by atoms with van der Waals surface area (Å²) in [5.74, 6) is -0.894. The highest BCUT2D eigenvalue weighted by molar-refractivity contribution is 5.75. The SMILES string of the molecule is CC(=O)N1CCN(C)[C@@H](C)[C@H]1CC(=O)O. The number of nitrogens with zero attached hydrogens (tertiary/aromatic N) is 2. The molecule has 1 rings (SSSR count). The molecular formula is C10H18N2O3. The summed E-state index contributed by atoms with van der Waals surface area (Å²) in [7, 11) is 1.96. The van der Waals surface area contributed by atoms with E-state index in [-0.39, 0.29) is 24.4 Å². The Hall–Kier alpha value is -1.10. The van der Waals surface area contributed by atoms with E-state index in [0.29, 0.717) is 6.54 Å².